The summed E-state index contributed by atoms with van der Waals surface area (Å²) in [4.78, 5) is 0. The summed E-state index contributed by atoms with van der Waals surface area (Å²) in [6, 6.07) is 0. The van der Waals surface area contributed by atoms with Crippen molar-refractivity contribution in [3.63, 3.8) is 0 Å². The topological polar surface area (TPSA) is 0 Å². The Morgan fingerprint density at radius 1 is 1.38 bits per heavy atom. The van der Waals surface area contributed by atoms with Crippen LogP contribution >= 0.6 is 0 Å². The highest BCUT2D eigenvalue weighted by Gasteiger charge is 2.40. The van der Waals surface area contributed by atoms with Gasteiger partial charge in [-0.3, -0.25) is 0 Å². The lowest BCUT2D eigenvalue weighted by molar-refractivity contribution is -0.0459. The van der Waals surface area contributed by atoms with Crippen LogP contribution in [0.15, 0.2) is 0 Å². The Hall–Kier alpha value is -0.140. The van der Waals surface area contributed by atoms with Crippen LogP contribution < -0.4 is 0 Å². The molecule has 2 heteroatoms. The van der Waals surface area contributed by atoms with E-state index >= 15 is 0 Å². The quantitative estimate of drug-likeness (QED) is 0.498. The Morgan fingerprint density at radius 3 is 1.88 bits per heavy atom. The van der Waals surface area contributed by atoms with Crippen molar-refractivity contribution < 1.29 is 8.78 Å². The molecule has 0 spiro atoms. The van der Waals surface area contributed by atoms with Gasteiger partial charge < -0.3 is 0 Å². The highest BCUT2D eigenvalue weighted by Crippen LogP contribution is 2.44. The summed E-state index contributed by atoms with van der Waals surface area (Å²) in [6.07, 6.45) is 0.312. The van der Waals surface area contributed by atoms with Gasteiger partial charge in [-0.2, -0.15) is 0 Å². The van der Waals surface area contributed by atoms with E-state index in [2.05, 4.69) is 0 Å². The van der Waals surface area contributed by atoms with Crippen molar-refractivity contribution in [2.45, 2.75) is 32.6 Å². The van der Waals surface area contributed by atoms with E-state index in [9.17, 15) is 8.78 Å². The molecule has 1 aliphatic rings. The molecule has 0 aromatic rings. The average Bonchev–Trinajstić information content (AvgIpc) is 1.60. The van der Waals surface area contributed by atoms with E-state index in [4.69, 9.17) is 0 Å². The van der Waals surface area contributed by atoms with E-state index in [1.54, 1.807) is 6.92 Å². The highest BCUT2D eigenvalue weighted by molar-refractivity contribution is 4.85. The van der Waals surface area contributed by atoms with Crippen LogP contribution in [0.4, 0.5) is 8.78 Å². The van der Waals surface area contributed by atoms with Crippen molar-refractivity contribution in [1.82, 2.24) is 0 Å². The van der Waals surface area contributed by atoms with Gasteiger partial charge in [0.25, 0.3) is 0 Å². The first-order valence-corrected chi connectivity index (χ1v) is 2.93. The fraction of sp³-hybridized carbons (Fsp3) is 1.00. The summed E-state index contributed by atoms with van der Waals surface area (Å²) in [7, 11) is 0. The van der Waals surface area contributed by atoms with E-state index in [-0.39, 0.29) is 0 Å². The molecule has 1 aliphatic carbocycles. The maximum atomic E-state index is 11.9. The van der Waals surface area contributed by atoms with Gasteiger partial charge >= 0.3 is 0 Å². The average molecular weight is 120 g/mol. The van der Waals surface area contributed by atoms with Crippen molar-refractivity contribution in [3.05, 3.63) is 0 Å². The highest BCUT2D eigenvalue weighted by atomic mass is 19.3. The van der Waals surface area contributed by atoms with Crippen molar-refractivity contribution in [2.75, 3.05) is 0 Å². The molecule has 0 amide bonds. The number of hydrogen-bond acceptors (Lipinski definition) is 0. The van der Waals surface area contributed by atoms with Gasteiger partial charge in [0.2, 0.25) is 6.43 Å². The molecule has 0 aliphatic heterocycles. The van der Waals surface area contributed by atoms with Crippen LogP contribution in [0.3, 0.4) is 0 Å². The summed E-state index contributed by atoms with van der Waals surface area (Å²) in [5, 5.41) is 0. The van der Waals surface area contributed by atoms with E-state index in [1.807, 2.05) is 0 Å². The van der Waals surface area contributed by atoms with Crippen LogP contribution in [0.2, 0.25) is 0 Å². The Morgan fingerprint density at radius 2 is 1.88 bits per heavy atom. The first kappa shape index (κ1) is 5.99. The van der Waals surface area contributed by atoms with Crippen LogP contribution in [-0.4, -0.2) is 6.43 Å². The summed E-state index contributed by atoms with van der Waals surface area (Å²) in [5.74, 6) is 0. The fourth-order valence-corrected chi connectivity index (χ4v) is 0.953. The Balaban J connectivity index is 2.41. The van der Waals surface area contributed by atoms with Gasteiger partial charge in [0.05, 0.1) is 0 Å². The van der Waals surface area contributed by atoms with Gasteiger partial charge in [0, 0.05) is 5.41 Å². The van der Waals surface area contributed by atoms with Crippen LogP contribution in [0.25, 0.3) is 0 Å². The molecular formula is C6H10F2. The molecule has 8 heavy (non-hydrogen) atoms. The standard InChI is InChI=1S/C6H10F2/c1-6(5(7)8)3-2-4-6/h5H,2-4H2,1H3. The van der Waals surface area contributed by atoms with Crippen molar-refractivity contribution in [2.24, 2.45) is 5.41 Å². The Labute approximate surface area is 47.9 Å². The number of alkyl halides is 2. The second-order valence-electron chi connectivity index (χ2n) is 2.81. The zero-order valence-corrected chi connectivity index (χ0v) is 4.95. The van der Waals surface area contributed by atoms with Gasteiger partial charge in [-0.1, -0.05) is 13.3 Å². The van der Waals surface area contributed by atoms with Gasteiger partial charge in [0.15, 0.2) is 0 Å². The number of halogens is 2. The molecule has 0 aromatic carbocycles. The molecule has 0 heterocycles. The molecule has 0 atom stereocenters. The van der Waals surface area contributed by atoms with Gasteiger partial charge in [-0.25, -0.2) is 8.78 Å². The van der Waals surface area contributed by atoms with Crippen molar-refractivity contribution >= 4 is 0 Å². The molecule has 0 N–H and O–H groups in total. The normalized spacial score (nSPS) is 25.5. The summed E-state index contributed by atoms with van der Waals surface area (Å²) >= 11 is 0. The third kappa shape index (κ3) is 0.721. The maximum Gasteiger partial charge on any atom is 0.243 e. The molecule has 0 bridgehead atoms. The number of hydrogen-bond donors (Lipinski definition) is 0. The predicted molar refractivity (Wildman–Crippen MR) is 28.0 cm³/mol. The van der Waals surface area contributed by atoms with Gasteiger partial charge in [-0.05, 0) is 12.8 Å². The molecular weight excluding hydrogens is 110 g/mol. The summed E-state index contributed by atoms with van der Waals surface area (Å²) in [5.41, 5.74) is -0.611. The van der Waals surface area contributed by atoms with Crippen LogP contribution in [0.5, 0.6) is 0 Å². The van der Waals surface area contributed by atoms with Crippen LogP contribution in [-0.2, 0) is 0 Å². The van der Waals surface area contributed by atoms with E-state index in [1.165, 1.54) is 0 Å². The second kappa shape index (κ2) is 1.67. The van der Waals surface area contributed by atoms with Crippen molar-refractivity contribution in [3.8, 4) is 0 Å². The third-order valence-electron chi connectivity index (χ3n) is 2.02. The monoisotopic (exact) mass is 120 g/mol. The first-order valence-electron chi connectivity index (χ1n) is 2.93. The molecule has 0 saturated heterocycles. The minimum atomic E-state index is -2.10. The second-order valence-corrected chi connectivity index (χ2v) is 2.81. The molecule has 1 saturated carbocycles. The van der Waals surface area contributed by atoms with Gasteiger partial charge in [-0.15, -0.1) is 0 Å². The smallest absolute Gasteiger partial charge is 0.210 e. The zero-order valence-electron chi connectivity index (χ0n) is 4.95. The lowest BCUT2D eigenvalue weighted by atomic mass is 9.71. The molecule has 0 radical (unpaired) electrons. The minimum absolute atomic E-state index is 0.611. The Bertz CT molecular complexity index is 84.5. The van der Waals surface area contributed by atoms with E-state index < -0.39 is 11.8 Å². The van der Waals surface area contributed by atoms with E-state index in [0.717, 1.165) is 6.42 Å². The third-order valence-corrected chi connectivity index (χ3v) is 2.02. The Kier molecular flexibility index (Phi) is 1.25. The molecule has 48 valence electrons. The molecule has 0 aromatic heterocycles. The maximum absolute atomic E-state index is 11.9. The zero-order chi connectivity index (χ0) is 6.20. The lowest BCUT2D eigenvalue weighted by Gasteiger charge is -2.37. The minimum Gasteiger partial charge on any atom is -0.210 e. The van der Waals surface area contributed by atoms with Crippen LogP contribution in [0, 0.1) is 5.41 Å². The lowest BCUT2D eigenvalue weighted by Crippen LogP contribution is -2.33. The summed E-state index contributed by atoms with van der Waals surface area (Å²) in [6.45, 7) is 1.65. The summed E-state index contributed by atoms with van der Waals surface area (Å²) < 4.78 is 23.7. The SMILES string of the molecule is CC1(C(F)F)CCC1. The van der Waals surface area contributed by atoms with E-state index in [0.29, 0.717) is 12.8 Å². The fourth-order valence-electron chi connectivity index (χ4n) is 0.953. The number of rotatable bonds is 1. The molecule has 0 nitrogen and oxygen atoms in total. The van der Waals surface area contributed by atoms with Gasteiger partial charge in [0.1, 0.15) is 0 Å². The van der Waals surface area contributed by atoms with Crippen LogP contribution in [0.1, 0.15) is 26.2 Å². The van der Waals surface area contributed by atoms with Crippen molar-refractivity contribution in [1.29, 1.82) is 0 Å². The molecule has 0 unspecified atom stereocenters. The first-order chi connectivity index (χ1) is 3.65. The molecule has 1 fully saturated rings. The predicted octanol–water partition coefficient (Wildman–Crippen LogP) is 2.44. The molecule has 1 rings (SSSR count). The largest absolute Gasteiger partial charge is 0.243 e.